The molecular weight excluding hydrogens is 479 g/mol. The van der Waals surface area contributed by atoms with Gasteiger partial charge in [0, 0.05) is 24.3 Å². The fourth-order valence-corrected chi connectivity index (χ4v) is 3.91. The molecule has 1 aliphatic carbocycles. The highest BCUT2D eigenvalue weighted by Gasteiger charge is 2.32. The first-order chi connectivity index (χ1) is 17.9. The normalized spacial score (nSPS) is 19.7. The van der Waals surface area contributed by atoms with Gasteiger partial charge in [0.15, 0.2) is 6.29 Å². The van der Waals surface area contributed by atoms with Crippen LogP contribution >= 0.6 is 0 Å². The van der Waals surface area contributed by atoms with E-state index in [1.165, 1.54) is 12.1 Å². The number of likely N-dealkylation sites (N-methyl/N-ethyl adjacent to an activating group) is 1. The van der Waals surface area contributed by atoms with Gasteiger partial charge in [0.25, 0.3) is 0 Å². The molecule has 196 valence electrons. The van der Waals surface area contributed by atoms with Crippen LogP contribution in [0.4, 0.5) is 4.39 Å². The SMILES string of the molecule is CN(C)CCOc1nccc(-c2[nH]c(CC3OCC(C(=O)NC4CC4)CO3)nc2-c2ccc(F)cc2)n1. The van der Waals surface area contributed by atoms with Crippen molar-refractivity contribution in [1.29, 1.82) is 0 Å². The van der Waals surface area contributed by atoms with Gasteiger partial charge in [-0.25, -0.2) is 14.4 Å². The molecule has 1 saturated heterocycles. The highest BCUT2D eigenvalue weighted by molar-refractivity contribution is 5.79. The molecule has 11 heteroatoms. The molecule has 2 N–H and O–H groups in total. The number of ether oxygens (including phenoxy) is 3. The fraction of sp³-hybridized carbons (Fsp3) is 0.462. The molecule has 1 amide bonds. The average Bonchev–Trinajstić information content (AvgIpc) is 3.61. The Balaban J connectivity index is 1.32. The van der Waals surface area contributed by atoms with Gasteiger partial charge >= 0.3 is 6.01 Å². The summed E-state index contributed by atoms with van der Waals surface area (Å²) in [6.07, 6.45) is 3.51. The second-order valence-electron chi connectivity index (χ2n) is 9.57. The van der Waals surface area contributed by atoms with E-state index >= 15 is 0 Å². The van der Waals surface area contributed by atoms with Crippen LogP contribution in [0.25, 0.3) is 22.6 Å². The zero-order valence-electron chi connectivity index (χ0n) is 20.9. The van der Waals surface area contributed by atoms with Crippen LogP contribution in [-0.2, 0) is 20.7 Å². The summed E-state index contributed by atoms with van der Waals surface area (Å²) in [5, 5.41) is 2.99. The summed E-state index contributed by atoms with van der Waals surface area (Å²) in [5.74, 6) is -0.0456. The van der Waals surface area contributed by atoms with Gasteiger partial charge in [-0.3, -0.25) is 4.79 Å². The van der Waals surface area contributed by atoms with Gasteiger partial charge in [-0.05, 0) is 57.3 Å². The van der Waals surface area contributed by atoms with E-state index in [-0.39, 0.29) is 23.7 Å². The Labute approximate surface area is 214 Å². The van der Waals surface area contributed by atoms with Crippen LogP contribution in [0, 0.1) is 11.7 Å². The lowest BCUT2D eigenvalue weighted by atomic mass is 10.1. The van der Waals surface area contributed by atoms with Crippen LogP contribution in [0.5, 0.6) is 6.01 Å². The van der Waals surface area contributed by atoms with Gasteiger partial charge in [0.05, 0.1) is 42.6 Å². The van der Waals surface area contributed by atoms with Crippen molar-refractivity contribution in [2.45, 2.75) is 31.6 Å². The maximum absolute atomic E-state index is 13.6. The number of aromatic nitrogens is 4. The Bertz CT molecular complexity index is 1210. The molecule has 0 spiro atoms. The molecule has 5 rings (SSSR count). The Kier molecular flexibility index (Phi) is 7.73. The summed E-state index contributed by atoms with van der Waals surface area (Å²) in [6, 6.07) is 8.45. The van der Waals surface area contributed by atoms with Crippen LogP contribution in [0.2, 0.25) is 0 Å². The van der Waals surface area contributed by atoms with E-state index in [9.17, 15) is 9.18 Å². The van der Waals surface area contributed by atoms with E-state index in [4.69, 9.17) is 19.2 Å². The van der Waals surface area contributed by atoms with E-state index in [0.717, 1.165) is 24.9 Å². The van der Waals surface area contributed by atoms with Crippen molar-refractivity contribution in [1.82, 2.24) is 30.2 Å². The number of hydrogen-bond donors (Lipinski definition) is 2. The van der Waals surface area contributed by atoms with Gasteiger partial charge < -0.3 is 29.4 Å². The third-order valence-corrected chi connectivity index (χ3v) is 6.15. The molecule has 2 aliphatic rings. The third-order valence-electron chi connectivity index (χ3n) is 6.15. The molecule has 10 nitrogen and oxygen atoms in total. The lowest BCUT2D eigenvalue weighted by molar-refractivity contribution is -0.200. The number of carbonyl (C=O) groups is 1. The van der Waals surface area contributed by atoms with Crippen molar-refractivity contribution < 1.29 is 23.4 Å². The number of halogens is 1. The van der Waals surface area contributed by atoms with Crippen molar-refractivity contribution in [3.8, 4) is 28.7 Å². The molecule has 1 saturated carbocycles. The van der Waals surface area contributed by atoms with Crippen LogP contribution in [0.3, 0.4) is 0 Å². The van der Waals surface area contributed by atoms with Crippen molar-refractivity contribution in [2.24, 2.45) is 5.92 Å². The molecule has 1 aliphatic heterocycles. The number of imidazole rings is 1. The molecule has 0 unspecified atom stereocenters. The summed E-state index contributed by atoms with van der Waals surface area (Å²) in [5.41, 5.74) is 2.59. The molecule has 0 atom stereocenters. The molecule has 0 bridgehead atoms. The van der Waals surface area contributed by atoms with E-state index < -0.39 is 6.29 Å². The number of nitrogens with zero attached hydrogens (tertiary/aromatic N) is 4. The number of hydrogen-bond acceptors (Lipinski definition) is 8. The molecule has 1 aromatic carbocycles. The minimum atomic E-state index is -0.541. The van der Waals surface area contributed by atoms with Gasteiger partial charge in [0.1, 0.15) is 18.2 Å². The predicted octanol–water partition coefficient (Wildman–Crippen LogP) is 2.42. The maximum atomic E-state index is 13.6. The quantitative estimate of drug-likeness (QED) is 0.428. The van der Waals surface area contributed by atoms with E-state index in [0.29, 0.717) is 55.2 Å². The van der Waals surface area contributed by atoms with Gasteiger partial charge in [0.2, 0.25) is 5.91 Å². The zero-order chi connectivity index (χ0) is 25.8. The van der Waals surface area contributed by atoms with Crippen LogP contribution in [0.1, 0.15) is 18.7 Å². The first kappa shape index (κ1) is 25.2. The minimum absolute atomic E-state index is 0.0211. The maximum Gasteiger partial charge on any atom is 0.316 e. The number of benzene rings is 1. The molecule has 37 heavy (non-hydrogen) atoms. The predicted molar refractivity (Wildman–Crippen MR) is 133 cm³/mol. The van der Waals surface area contributed by atoms with Crippen molar-refractivity contribution in [2.75, 3.05) is 40.5 Å². The molecule has 2 aromatic heterocycles. The number of H-pyrrole nitrogens is 1. The lowest BCUT2D eigenvalue weighted by Gasteiger charge is -2.28. The molecule has 3 heterocycles. The number of nitrogens with one attached hydrogen (secondary N) is 2. The van der Waals surface area contributed by atoms with Gasteiger partial charge in [-0.1, -0.05) is 0 Å². The van der Waals surface area contributed by atoms with Crippen molar-refractivity contribution in [3.05, 3.63) is 48.2 Å². The molecule has 0 radical (unpaired) electrons. The van der Waals surface area contributed by atoms with Crippen LogP contribution in [-0.4, -0.2) is 83.5 Å². The monoisotopic (exact) mass is 510 g/mol. The summed E-state index contributed by atoms with van der Waals surface area (Å²) in [6.45, 7) is 1.76. The first-order valence-electron chi connectivity index (χ1n) is 12.4. The Morgan fingerprint density at radius 3 is 2.62 bits per heavy atom. The second-order valence-corrected chi connectivity index (χ2v) is 9.57. The van der Waals surface area contributed by atoms with E-state index in [1.807, 2.05) is 19.0 Å². The molecule has 2 fully saturated rings. The second kappa shape index (κ2) is 11.3. The van der Waals surface area contributed by atoms with Gasteiger partial charge in [-0.15, -0.1) is 0 Å². The van der Waals surface area contributed by atoms with Crippen LogP contribution < -0.4 is 10.1 Å². The highest BCUT2D eigenvalue weighted by Crippen LogP contribution is 2.31. The smallest absolute Gasteiger partial charge is 0.316 e. The molecule has 3 aromatic rings. The summed E-state index contributed by atoms with van der Waals surface area (Å²) in [7, 11) is 3.93. The standard InChI is InChI=1S/C26H31FN6O4/c1-33(2)11-12-35-26-28-10-9-20(30-26)24-23(16-3-5-18(27)6-4-16)31-21(32-24)13-22-36-14-17(15-37-22)25(34)29-19-7-8-19/h3-6,9-10,17,19,22H,7-8,11-15H2,1-2H3,(H,29,34)(H,31,32). The number of amides is 1. The Morgan fingerprint density at radius 2 is 1.92 bits per heavy atom. The number of carbonyl (C=O) groups excluding carboxylic acids is 1. The minimum Gasteiger partial charge on any atom is -0.462 e. The topological polar surface area (TPSA) is 114 Å². The highest BCUT2D eigenvalue weighted by atomic mass is 19.1. The fourth-order valence-electron chi connectivity index (χ4n) is 3.91. The number of rotatable bonds is 10. The molecular formula is C26H31FN6O4. The Hall–Kier alpha value is -3.41. The Morgan fingerprint density at radius 1 is 1.16 bits per heavy atom. The lowest BCUT2D eigenvalue weighted by Crippen LogP contribution is -2.43. The summed E-state index contributed by atoms with van der Waals surface area (Å²) >= 11 is 0. The first-order valence-corrected chi connectivity index (χ1v) is 12.4. The van der Waals surface area contributed by atoms with Crippen molar-refractivity contribution in [3.63, 3.8) is 0 Å². The number of aromatic amines is 1. The van der Waals surface area contributed by atoms with Crippen molar-refractivity contribution >= 4 is 5.91 Å². The van der Waals surface area contributed by atoms with Gasteiger partial charge in [-0.2, -0.15) is 4.98 Å². The summed E-state index contributed by atoms with van der Waals surface area (Å²) in [4.78, 5) is 31.2. The van der Waals surface area contributed by atoms with E-state index in [2.05, 4.69) is 20.3 Å². The van der Waals surface area contributed by atoms with Crippen LogP contribution in [0.15, 0.2) is 36.5 Å². The zero-order valence-corrected chi connectivity index (χ0v) is 20.9. The average molecular weight is 511 g/mol. The third kappa shape index (κ3) is 6.68. The summed E-state index contributed by atoms with van der Waals surface area (Å²) < 4.78 is 31.0. The largest absolute Gasteiger partial charge is 0.462 e. The van der Waals surface area contributed by atoms with E-state index in [1.54, 1.807) is 24.4 Å².